The molecule has 0 saturated carbocycles. The van der Waals surface area contributed by atoms with Crippen molar-refractivity contribution in [1.82, 2.24) is 0 Å². The van der Waals surface area contributed by atoms with Crippen molar-refractivity contribution in [1.29, 1.82) is 0 Å². The first kappa shape index (κ1) is 12.4. The summed E-state index contributed by atoms with van der Waals surface area (Å²) in [4.78, 5) is 12.1. The molecule has 0 aliphatic carbocycles. The Bertz CT molecular complexity index is 561. The largest absolute Gasteiger partial charge is 0.496 e. The quantitative estimate of drug-likeness (QED) is 0.921. The van der Waals surface area contributed by atoms with E-state index in [9.17, 15) is 4.79 Å². The molecule has 0 atom stereocenters. The van der Waals surface area contributed by atoms with Crippen molar-refractivity contribution in [2.24, 2.45) is 0 Å². The van der Waals surface area contributed by atoms with Crippen LogP contribution in [0.15, 0.2) is 29.6 Å². The van der Waals surface area contributed by atoms with Gasteiger partial charge in [0.1, 0.15) is 17.1 Å². The van der Waals surface area contributed by atoms with Gasteiger partial charge in [-0.2, -0.15) is 0 Å². The lowest BCUT2D eigenvalue weighted by Crippen LogP contribution is -2.02. The molecule has 1 heterocycles. The van der Waals surface area contributed by atoms with E-state index < -0.39 is 5.97 Å². The minimum Gasteiger partial charge on any atom is -0.496 e. The maximum absolute atomic E-state index is 11.2. The van der Waals surface area contributed by atoms with Gasteiger partial charge in [-0.1, -0.05) is 6.07 Å². The standard InChI is InChI=1S/C13H12O4S/c1-16-10-7-11(17-2)9(13(14)15)6-8(10)12-4-3-5-18-12/h3-7H,1-2H3,(H,14,15). The van der Waals surface area contributed by atoms with Crippen LogP contribution in [-0.2, 0) is 0 Å². The number of hydrogen-bond acceptors (Lipinski definition) is 4. The topological polar surface area (TPSA) is 55.8 Å². The van der Waals surface area contributed by atoms with E-state index in [0.717, 1.165) is 10.4 Å². The Morgan fingerprint density at radius 2 is 1.94 bits per heavy atom. The van der Waals surface area contributed by atoms with Gasteiger partial charge in [-0.3, -0.25) is 0 Å². The molecule has 1 aromatic carbocycles. The number of benzene rings is 1. The Kier molecular flexibility index (Phi) is 3.53. The molecule has 5 heteroatoms. The molecule has 4 nitrogen and oxygen atoms in total. The molecule has 1 N–H and O–H groups in total. The summed E-state index contributed by atoms with van der Waals surface area (Å²) in [5, 5.41) is 11.1. The normalized spacial score (nSPS) is 10.1. The zero-order valence-corrected chi connectivity index (χ0v) is 10.8. The average Bonchev–Trinajstić information content (AvgIpc) is 2.90. The van der Waals surface area contributed by atoms with Gasteiger partial charge < -0.3 is 14.6 Å². The first-order chi connectivity index (χ1) is 8.67. The summed E-state index contributed by atoms with van der Waals surface area (Å²) in [5.41, 5.74) is 0.882. The molecule has 0 spiro atoms. The number of rotatable bonds is 4. The highest BCUT2D eigenvalue weighted by Crippen LogP contribution is 2.38. The molecule has 2 rings (SSSR count). The van der Waals surface area contributed by atoms with Gasteiger partial charge in [0, 0.05) is 16.5 Å². The predicted octanol–water partition coefficient (Wildman–Crippen LogP) is 3.13. The molecular formula is C13H12O4S. The Morgan fingerprint density at radius 1 is 1.22 bits per heavy atom. The summed E-state index contributed by atoms with van der Waals surface area (Å²) < 4.78 is 10.3. The van der Waals surface area contributed by atoms with Gasteiger partial charge in [0.15, 0.2) is 0 Å². The molecule has 0 amide bonds. The smallest absolute Gasteiger partial charge is 0.339 e. The number of thiophene rings is 1. The van der Waals surface area contributed by atoms with Crippen molar-refractivity contribution in [2.45, 2.75) is 0 Å². The number of hydrogen-bond donors (Lipinski definition) is 1. The van der Waals surface area contributed by atoms with Crippen LogP contribution in [0.25, 0.3) is 10.4 Å². The van der Waals surface area contributed by atoms with Gasteiger partial charge in [-0.15, -0.1) is 11.3 Å². The number of aromatic carboxylic acids is 1. The number of carbonyl (C=O) groups is 1. The van der Waals surface area contributed by atoms with Crippen LogP contribution >= 0.6 is 11.3 Å². The Morgan fingerprint density at radius 3 is 2.44 bits per heavy atom. The van der Waals surface area contributed by atoms with Gasteiger partial charge in [0.2, 0.25) is 0 Å². The summed E-state index contributed by atoms with van der Waals surface area (Å²) in [6.07, 6.45) is 0. The van der Waals surface area contributed by atoms with Crippen LogP contribution in [0.4, 0.5) is 0 Å². The number of methoxy groups -OCH3 is 2. The Labute approximate surface area is 108 Å². The maximum Gasteiger partial charge on any atom is 0.339 e. The Balaban J connectivity index is 2.65. The highest BCUT2D eigenvalue weighted by atomic mass is 32.1. The zero-order chi connectivity index (χ0) is 13.1. The molecule has 0 aliphatic heterocycles. The molecule has 0 unspecified atom stereocenters. The van der Waals surface area contributed by atoms with Gasteiger partial charge in [-0.05, 0) is 17.5 Å². The fourth-order valence-electron chi connectivity index (χ4n) is 1.69. The van der Waals surface area contributed by atoms with Gasteiger partial charge in [0.25, 0.3) is 0 Å². The summed E-state index contributed by atoms with van der Waals surface area (Å²) in [5.74, 6) is -0.133. The number of carboxylic acids is 1. The maximum atomic E-state index is 11.2. The summed E-state index contributed by atoms with van der Waals surface area (Å²) in [6, 6.07) is 7.00. The lowest BCUT2D eigenvalue weighted by atomic mass is 10.1. The fourth-order valence-corrected chi connectivity index (χ4v) is 2.44. The van der Waals surface area contributed by atoms with Crippen molar-refractivity contribution in [2.75, 3.05) is 14.2 Å². The van der Waals surface area contributed by atoms with E-state index in [0.29, 0.717) is 11.5 Å². The van der Waals surface area contributed by atoms with Crippen LogP contribution in [0.2, 0.25) is 0 Å². The molecule has 0 fully saturated rings. The molecule has 18 heavy (non-hydrogen) atoms. The third kappa shape index (κ3) is 2.17. The molecule has 1 aromatic heterocycles. The minimum atomic E-state index is -1.02. The molecule has 0 aliphatic rings. The van der Waals surface area contributed by atoms with E-state index in [1.54, 1.807) is 19.2 Å². The third-order valence-corrected chi connectivity index (χ3v) is 3.44. The molecule has 0 bridgehead atoms. The number of ether oxygens (including phenoxy) is 2. The predicted molar refractivity (Wildman–Crippen MR) is 69.8 cm³/mol. The van der Waals surface area contributed by atoms with Crippen molar-refractivity contribution < 1.29 is 19.4 Å². The van der Waals surface area contributed by atoms with Crippen LogP contribution in [0, 0.1) is 0 Å². The highest BCUT2D eigenvalue weighted by Gasteiger charge is 2.17. The van der Waals surface area contributed by atoms with Crippen LogP contribution in [0.1, 0.15) is 10.4 Å². The van der Waals surface area contributed by atoms with Crippen LogP contribution in [-0.4, -0.2) is 25.3 Å². The van der Waals surface area contributed by atoms with E-state index in [1.807, 2.05) is 17.5 Å². The van der Waals surface area contributed by atoms with Crippen molar-refractivity contribution in [3.8, 4) is 21.9 Å². The Hall–Kier alpha value is -2.01. The van der Waals surface area contributed by atoms with Crippen molar-refractivity contribution >= 4 is 17.3 Å². The van der Waals surface area contributed by atoms with Crippen LogP contribution in [0.5, 0.6) is 11.5 Å². The van der Waals surface area contributed by atoms with Crippen molar-refractivity contribution in [3.05, 3.63) is 35.2 Å². The SMILES string of the molecule is COc1cc(OC)c(-c2cccs2)cc1C(=O)O. The highest BCUT2D eigenvalue weighted by molar-refractivity contribution is 7.13. The second-order valence-corrected chi connectivity index (χ2v) is 4.48. The molecule has 0 radical (unpaired) electrons. The monoisotopic (exact) mass is 264 g/mol. The van der Waals surface area contributed by atoms with E-state index >= 15 is 0 Å². The van der Waals surface area contributed by atoms with E-state index in [1.165, 1.54) is 18.4 Å². The number of carboxylic acid groups (broad SMARTS) is 1. The van der Waals surface area contributed by atoms with Gasteiger partial charge in [0.05, 0.1) is 14.2 Å². The average molecular weight is 264 g/mol. The second kappa shape index (κ2) is 5.10. The first-order valence-corrected chi connectivity index (χ1v) is 6.08. The van der Waals surface area contributed by atoms with Gasteiger partial charge in [-0.25, -0.2) is 4.79 Å². The van der Waals surface area contributed by atoms with Gasteiger partial charge >= 0.3 is 5.97 Å². The summed E-state index contributed by atoms with van der Waals surface area (Å²) in [7, 11) is 2.98. The zero-order valence-electron chi connectivity index (χ0n) is 9.97. The summed E-state index contributed by atoms with van der Waals surface area (Å²) >= 11 is 1.53. The van der Waals surface area contributed by atoms with E-state index in [-0.39, 0.29) is 5.56 Å². The van der Waals surface area contributed by atoms with E-state index in [2.05, 4.69) is 0 Å². The fraction of sp³-hybridized carbons (Fsp3) is 0.154. The lowest BCUT2D eigenvalue weighted by molar-refractivity contribution is 0.0693. The first-order valence-electron chi connectivity index (χ1n) is 5.20. The van der Waals surface area contributed by atoms with Crippen LogP contribution < -0.4 is 9.47 Å². The molecule has 2 aromatic rings. The van der Waals surface area contributed by atoms with Crippen LogP contribution in [0.3, 0.4) is 0 Å². The molecule has 94 valence electrons. The molecular weight excluding hydrogens is 252 g/mol. The van der Waals surface area contributed by atoms with E-state index in [4.69, 9.17) is 14.6 Å². The molecule has 0 saturated heterocycles. The van der Waals surface area contributed by atoms with Crippen molar-refractivity contribution in [3.63, 3.8) is 0 Å². The third-order valence-electron chi connectivity index (χ3n) is 2.54. The summed E-state index contributed by atoms with van der Waals surface area (Å²) in [6.45, 7) is 0. The lowest BCUT2D eigenvalue weighted by Gasteiger charge is -2.11. The second-order valence-electron chi connectivity index (χ2n) is 3.54. The minimum absolute atomic E-state index is 0.127.